The summed E-state index contributed by atoms with van der Waals surface area (Å²) < 4.78 is 0. The Morgan fingerprint density at radius 1 is 1.08 bits per heavy atom. The van der Waals surface area contributed by atoms with Crippen LogP contribution >= 0.6 is 0 Å². The molecule has 3 amide bonds. The number of hydrogen-bond donors (Lipinski definition) is 1. The van der Waals surface area contributed by atoms with Gasteiger partial charge >= 0.3 is 0 Å². The zero-order valence-electron chi connectivity index (χ0n) is 13.2. The summed E-state index contributed by atoms with van der Waals surface area (Å²) in [7, 11) is 0. The summed E-state index contributed by atoms with van der Waals surface area (Å²) in [6.07, 6.45) is 3.40. The fourth-order valence-electron chi connectivity index (χ4n) is 2.70. The smallest absolute Gasteiger partial charge is 0.261 e. The van der Waals surface area contributed by atoms with Crippen molar-refractivity contribution in [2.24, 2.45) is 0 Å². The number of rotatable bonds is 5. The summed E-state index contributed by atoms with van der Waals surface area (Å²) in [4.78, 5) is 41.6. The molecule has 0 aliphatic carbocycles. The van der Waals surface area contributed by atoms with E-state index in [0.29, 0.717) is 11.1 Å². The van der Waals surface area contributed by atoms with E-state index in [1.165, 1.54) is 0 Å². The van der Waals surface area contributed by atoms with Gasteiger partial charge in [-0.15, -0.1) is 0 Å². The molecule has 6 heteroatoms. The second-order valence-electron chi connectivity index (χ2n) is 5.63. The van der Waals surface area contributed by atoms with E-state index < -0.39 is 0 Å². The molecule has 2 aromatic rings. The van der Waals surface area contributed by atoms with Crippen molar-refractivity contribution < 1.29 is 14.4 Å². The van der Waals surface area contributed by atoms with Crippen molar-refractivity contribution in [1.82, 2.24) is 15.2 Å². The maximum Gasteiger partial charge on any atom is 0.261 e. The molecular formula is C18H17N3O3. The molecule has 0 spiro atoms. The van der Waals surface area contributed by atoms with Crippen molar-refractivity contribution >= 4 is 17.7 Å². The number of amides is 3. The first-order chi connectivity index (χ1) is 11.6. The number of nitrogens with one attached hydrogen (secondary N) is 1. The molecular weight excluding hydrogens is 306 g/mol. The van der Waals surface area contributed by atoms with Gasteiger partial charge in [0.05, 0.1) is 17.2 Å². The molecule has 0 fully saturated rings. The molecule has 24 heavy (non-hydrogen) atoms. The topological polar surface area (TPSA) is 79.4 Å². The number of carbonyl (C=O) groups excluding carboxylic acids is 3. The largest absolute Gasteiger partial charge is 0.350 e. The molecule has 1 N–H and O–H groups in total. The molecule has 0 saturated heterocycles. The van der Waals surface area contributed by atoms with Crippen LogP contribution < -0.4 is 5.32 Å². The molecule has 0 bridgehead atoms. The van der Waals surface area contributed by atoms with Gasteiger partial charge in [-0.05, 0) is 36.8 Å². The normalized spacial score (nSPS) is 14.5. The Labute approximate surface area is 139 Å². The molecule has 0 radical (unpaired) electrons. The van der Waals surface area contributed by atoms with Gasteiger partial charge in [0.25, 0.3) is 11.8 Å². The van der Waals surface area contributed by atoms with Crippen LogP contribution in [0.1, 0.15) is 45.7 Å². The standard InChI is InChI=1S/C18H17N3O3/c1-12(13-6-9-19-10-7-13)20-16(22)8-11-21-17(23)14-4-2-3-5-15(14)18(21)24/h2-7,9-10,12H,8,11H2,1H3,(H,20,22). The van der Waals surface area contributed by atoms with Crippen molar-refractivity contribution in [3.8, 4) is 0 Å². The van der Waals surface area contributed by atoms with Gasteiger partial charge in [-0.3, -0.25) is 24.3 Å². The van der Waals surface area contributed by atoms with Crippen LogP contribution in [0.2, 0.25) is 0 Å². The van der Waals surface area contributed by atoms with E-state index in [0.717, 1.165) is 10.5 Å². The lowest BCUT2D eigenvalue weighted by molar-refractivity contribution is -0.121. The second-order valence-corrected chi connectivity index (χ2v) is 5.63. The van der Waals surface area contributed by atoms with Crippen LogP contribution in [0, 0.1) is 0 Å². The van der Waals surface area contributed by atoms with Crippen LogP contribution in [0.5, 0.6) is 0 Å². The van der Waals surface area contributed by atoms with Crippen LogP contribution in [0.25, 0.3) is 0 Å². The van der Waals surface area contributed by atoms with E-state index >= 15 is 0 Å². The number of pyridine rings is 1. The molecule has 1 aromatic carbocycles. The molecule has 1 aliphatic rings. The number of aromatic nitrogens is 1. The van der Waals surface area contributed by atoms with E-state index in [1.807, 2.05) is 19.1 Å². The second kappa shape index (κ2) is 6.62. The Morgan fingerprint density at radius 2 is 1.67 bits per heavy atom. The first-order valence-electron chi connectivity index (χ1n) is 7.72. The van der Waals surface area contributed by atoms with Gasteiger partial charge in [-0.25, -0.2) is 0 Å². The number of hydrogen-bond acceptors (Lipinski definition) is 4. The summed E-state index contributed by atoms with van der Waals surface area (Å²) in [5.41, 5.74) is 1.74. The molecule has 122 valence electrons. The Balaban J connectivity index is 1.58. The molecule has 1 atom stereocenters. The fourth-order valence-corrected chi connectivity index (χ4v) is 2.70. The third-order valence-corrected chi connectivity index (χ3v) is 4.02. The maximum absolute atomic E-state index is 12.2. The number of fused-ring (bicyclic) bond motifs is 1. The van der Waals surface area contributed by atoms with Gasteiger partial charge < -0.3 is 5.32 Å². The van der Waals surface area contributed by atoms with Gasteiger partial charge in [0.15, 0.2) is 0 Å². The molecule has 1 aromatic heterocycles. The summed E-state index contributed by atoms with van der Waals surface area (Å²) in [6.45, 7) is 1.94. The average molecular weight is 323 g/mol. The van der Waals surface area contributed by atoms with E-state index in [-0.39, 0.29) is 36.7 Å². The molecule has 0 saturated carbocycles. The third kappa shape index (κ3) is 3.03. The summed E-state index contributed by atoms with van der Waals surface area (Å²) in [5, 5.41) is 2.85. The minimum atomic E-state index is -0.342. The number of benzene rings is 1. The highest BCUT2D eigenvalue weighted by Crippen LogP contribution is 2.22. The average Bonchev–Trinajstić information content (AvgIpc) is 2.85. The Hall–Kier alpha value is -3.02. The highest BCUT2D eigenvalue weighted by Gasteiger charge is 2.34. The van der Waals surface area contributed by atoms with E-state index in [1.54, 1.807) is 36.7 Å². The molecule has 3 rings (SSSR count). The van der Waals surface area contributed by atoms with Crippen LogP contribution in [0.15, 0.2) is 48.8 Å². The van der Waals surface area contributed by atoms with Crippen molar-refractivity contribution in [2.75, 3.05) is 6.54 Å². The molecule has 2 heterocycles. The zero-order chi connectivity index (χ0) is 17.1. The van der Waals surface area contributed by atoms with Crippen molar-refractivity contribution in [3.05, 3.63) is 65.5 Å². The number of imide groups is 1. The summed E-state index contributed by atoms with van der Waals surface area (Å²) in [6, 6.07) is 10.2. The first kappa shape index (κ1) is 15.9. The van der Waals surface area contributed by atoms with E-state index in [4.69, 9.17) is 0 Å². The van der Waals surface area contributed by atoms with Crippen LogP contribution in [0.3, 0.4) is 0 Å². The third-order valence-electron chi connectivity index (χ3n) is 4.02. The van der Waals surface area contributed by atoms with Crippen molar-refractivity contribution in [1.29, 1.82) is 0 Å². The SMILES string of the molecule is CC(NC(=O)CCN1C(=O)c2ccccc2C1=O)c1ccncc1. The fraction of sp³-hybridized carbons (Fsp3) is 0.222. The lowest BCUT2D eigenvalue weighted by atomic mass is 10.1. The van der Waals surface area contributed by atoms with E-state index in [9.17, 15) is 14.4 Å². The van der Waals surface area contributed by atoms with Crippen molar-refractivity contribution in [2.45, 2.75) is 19.4 Å². The highest BCUT2D eigenvalue weighted by atomic mass is 16.2. The summed E-state index contributed by atoms with van der Waals surface area (Å²) in [5.74, 6) is -0.896. The van der Waals surface area contributed by atoms with Crippen molar-refractivity contribution in [3.63, 3.8) is 0 Å². The maximum atomic E-state index is 12.2. The number of carbonyl (C=O) groups is 3. The molecule has 1 unspecified atom stereocenters. The van der Waals surface area contributed by atoms with Gasteiger partial charge in [0, 0.05) is 25.4 Å². The highest BCUT2D eigenvalue weighted by molar-refractivity contribution is 6.21. The van der Waals surface area contributed by atoms with E-state index in [2.05, 4.69) is 10.3 Å². The van der Waals surface area contributed by atoms with Crippen LogP contribution in [-0.2, 0) is 4.79 Å². The minimum absolute atomic E-state index is 0.0703. The Morgan fingerprint density at radius 3 is 2.25 bits per heavy atom. The zero-order valence-corrected chi connectivity index (χ0v) is 13.2. The Bertz CT molecular complexity index is 754. The lowest BCUT2D eigenvalue weighted by Gasteiger charge is -2.16. The van der Waals surface area contributed by atoms with Gasteiger partial charge in [0.2, 0.25) is 5.91 Å². The number of nitrogens with zero attached hydrogens (tertiary/aromatic N) is 2. The van der Waals surface area contributed by atoms with Crippen LogP contribution in [-0.4, -0.2) is 34.2 Å². The predicted octanol–water partition coefficient (Wildman–Crippen LogP) is 1.95. The molecule has 1 aliphatic heterocycles. The molecule has 6 nitrogen and oxygen atoms in total. The van der Waals surface area contributed by atoms with Gasteiger partial charge in [-0.1, -0.05) is 12.1 Å². The summed E-state index contributed by atoms with van der Waals surface area (Å²) >= 11 is 0. The predicted molar refractivity (Wildman–Crippen MR) is 87.2 cm³/mol. The first-order valence-corrected chi connectivity index (χ1v) is 7.72. The Kier molecular flexibility index (Phi) is 4.37. The van der Waals surface area contributed by atoms with Gasteiger partial charge in [0.1, 0.15) is 0 Å². The quantitative estimate of drug-likeness (QED) is 0.853. The monoisotopic (exact) mass is 323 g/mol. The van der Waals surface area contributed by atoms with Crippen LogP contribution in [0.4, 0.5) is 0 Å². The van der Waals surface area contributed by atoms with Gasteiger partial charge in [-0.2, -0.15) is 0 Å². The lowest BCUT2D eigenvalue weighted by Crippen LogP contribution is -2.35. The minimum Gasteiger partial charge on any atom is -0.350 e.